The third kappa shape index (κ3) is 1.84. The van der Waals surface area contributed by atoms with Crippen molar-refractivity contribution in [2.75, 3.05) is 7.11 Å². The van der Waals surface area contributed by atoms with E-state index in [0.717, 1.165) is 14.0 Å². The summed E-state index contributed by atoms with van der Waals surface area (Å²) >= 11 is -2.54. The molecule has 64 valence electrons. The number of carbonyl (C=O) groups is 2. The van der Waals surface area contributed by atoms with Crippen molar-refractivity contribution in [3.8, 4) is 0 Å². The number of rotatable bonds is 3. The Morgan fingerprint density at radius 1 is 1.73 bits per heavy atom. The smallest absolute Gasteiger partial charge is 0.334 e. The standard InChI is InChI=1S/C5H8O5S/c1-5(3-6,11(8)9)4(7)10-2/h3H,1-2H3,(H,8,9). The minimum atomic E-state index is -2.54. The molecule has 0 fully saturated rings. The summed E-state index contributed by atoms with van der Waals surface area (Å²) in [5, 5.41) is 0. The molecule has 0 bridgehead atoms. The predicted octanol–water partition coefficient (Wildman–Crippen LogP) is -0.661. The molecule has 5 nitrogen and oxygen atoms in total. The molecule has 0 aliphatic rings. The summed E-state index contributed by atoms with van der Waals surface area (Å²) in [6.45, 7) is 1.03. The highest BCUT2D eigenvalue weighted by molar-refractivity contribution is 7.82. The number of carbonyl (C=O) groups excluding carboxylic acids is 2. The number of esters is 1. The second kappa shape index (κ2) is 3.59. The molecule has 2 unspecified atom stereocenters. The summed E-state index contributed by atoms with van der Waals surface area (Å²) in [6.07, 6.45) is 0.0922. The van der Waals surface area contributed by atoms with Crippen LogP contribution < -0.4 is 0 Å². The van der Waals surface area contributed by atoms with Crippen molar-refractivity contribution < 1.29 is 23.1 Å². The van der Waals surface area contributed by atoms with E-state index >= 15 is 0 Å². The van der Waals surface area contributed by atoms with Crippen molar-refractivity contribution in [3.05, 3.63) is 0 Å². The van der Waals surface area contributed by atoms with Crippen LogP contribution in [0.15, 0.2) is 0 Å². The molecular weight excluding hydrogens is 172 g/mol. The van der Waals surface area contributed by atoms with Crippen molar-refractivity contribution in [1.82, 2.24) is 0 Å². The first-order valence-corrected chi connectivity index (χ1v) is 3.75. The van der Waals surface area contributed by atoms with E-state index in [1.54, 1.807) is 0 Å². The van der Waals surface area contributed by atoms with Crippen LogP contribution in [0.1, 0.15) is 6.92 Å². The van der Waals surface area contributed by atoms with Gasteiger partial charge in [0.1, 0.15) is 0 Å². The van der Waals surface area contributed by atoms with Gasteiger partial charge in [-0.3, -0.25) is 0 Å². The first-order chi connectivity index (χ1) is 4.99. The summed E-state index contributed by atoms with van der Waals surface area (Å²) in [4.78, 5) is 20.9. The molecule has 11 heavy (non-hydrogen) atoms. The summed E-state index contributed by atoms with van der Waals surface area (Å²) in [5.41, 5.74) is 0. The summed E-state index contributed by atoms with van der Waals surface area (Å²) in [5.74, 6) is -1.02. The van der Waals surface area contributed by atoms with Gasteiger partial charge in [-0.25, -0.2) is 9.00 Å². The average Bonchev–Trinajstić information content (AvgIpc) is 2.01. The van der Waals surface area contributed by atoms with Crippen LogP contribution in [0, 0.1) is 0 Å². The molecule has 0 saturated heterocycles. The van der Waals surface area contributed by atoms with Gasteiger partial charge in [-0.1, -0.05) is 0 Å². The maximum absolute atomic E-state index is 10.7. The fraction of sp³-hybridized carbons (Fsp3) is 0.600. The average molecular weight is 180 g/mol. The van der Waals surface area contributed by atoms with E-state index in [2.05, 4.69) is 4.74 Å². The topological polar surface area (TPSA) is 80.7 Å². The highest BCUT2D eigenvalue weighted by Gasteiger charge is 2.40. The van der Waals surface area contributed by atoms with E-state index in [1.165, 1.54) is 0 Å². The van der Waals surface area contributed by atoms with Gasteiger partial charge in [0.15, 0.2) is 17.4 Å². The summed E-state index contributed by atoms with van der Waals surface area (Å²) < 4.78 is 21.1. The van der Waals surface area contributed by atoms with Gasteiger partial charge >= 0.3 is 5.97 Å². The van der Waals surface area contributed by atoms with Gasteiger partial charge < -0.3 is 14.1 Å². The molecule has 0 rings (SSSR count). The highest BCUT2D eigenvalue weighted by atomic mass is 32.2. The van der Waals surface area contributed by atoms with Crippen molar-refractivity contribution in [2.45, 2.75) is 11.7 Å². The number of methoxy groups -OCH3 is 1. The second-order valence-electron chi connectivity index (χ2n) is 1.97. The van der Waals surface area contributed by atoms with E-state index in [9.17, 15) is 13.8 Å². The van der Waals surface area contributed by atoms with Gasteiger partial charge in [0.2, 0.25) is 4.75 Å². The lowest BCUT2D eigenvalue weighted by Gasteiger charge is -2.14. The lowest BCUT2D eigenvalue weighted by Crippen LogP contribution is -2.42. The van der Waals surface area contributed by atoms with E-state index in [1.807, 2.05) is 0 Å². The highest BCUT2D eigenvalue weighted by Crippen LogP contribution is 2.10. The van der Waals surface area contributed by atoms with Crippen LogP contribution in [0.4, 0.5) is 0 Å². The first kappa shape index (κ1) is 10.2. The fourth-order valence-electron chi connectivity index (χ4n) is 0.363. The van der Waals surface area contributed by atoms with Gasteiger partial charge in [-0.2, -0.15) is 0 Å². The SMILES string of the molecule is COC(=O)C(C)(C=O)S(=O)O. The molecule has 0 radical (unpaired) electrons. The van der Waals surface area contributed by atoms with Gasteiger partial charge in [0.05, 0.1) is 7.11 Å². The molecule has 0 heterocycles. The Bertz CT molecular complexity index is 201. The third-order valence-electron chi connectivity index (χ3n) is 1.18. The molecule has 1 N–H and O–H groups in total. The third-order valence-corrected chi connectivity index (χ3v) is 2.17. The summed E-state index contributed by atoms with van der Waals surface area (Å²) in [7, 11) is 1.04. The van der Waals surface area contributed by atoms with Crippen molar-refractivity contribution >= 4 is 23.3 Å². The van der Waals surface area contributed by atoms with Crippen molar-refractivity contribution in [2.24, 2.45) is 0 Å². The quantitative estimate of drug-likeness (QED) is 0.270. The van der Waals surface area contributed by atoms with E-state index in [-0.39, 0.29) is 6.29 Å². The molecule has 0 spiro atoms. The minimum absolute atomic E-state index is 0.0922. The van der Waals surface area contributed by atoms with Gasteiger partial charge in [-0.15, -0.1) is 0 Å². The van der Waals surface area contributed by atoms with Crippen LogP contribution in [0.25, 0.3) is 0 Å². The van der Waals surface area contributed by atoms with E-state index in [0.29, 0.717) is 0 Å². The molecule has 6 heteroatoms. The second-order valence-corrected chi connectivity index (χ2v) is 3.31. The Kier molecular flexibility index (Phi) is 3.34. The Balaban J connectivity index is 4.74. The van der Waals surface area contributed by atoms with Crippen LogP contribution in [0.2, 0.25) is 0 Å². The lowest BCUT2D eigenvalue weighted by atomic mass is 10.2. The fourth-order valence-corrected chi connectivity index (χ4v) is 0.671. The largest absolute Gasteiger partial charge is 0.468 e. The zero-order chi connectivity index (χ0) is 9.07. The number of hydrogen-bond acceptors (Lipinski definition) is 4. The number of ether oxygens (including phenoxy) is 1. The zero-order valence-corrected chi connectivity index (χ0v) is 6.88. The molecule has 0 aliphatic carbocycles. The Morgan fingerprint density at radius 3 is 2.27 bits per heavy atom. The number of hydrogen-bond donors (Lipinski definition) is 1. The van der Waals surface area contributed by atoms with Crippen LogP contribution in [-0.4, -0.2) is 32.9 Å². The van der Waals surface area contributed by atoms with Crippen LogP contribution in [-0.2, 0) is 25.4 Å². The van der Waals surface area contributed by atoms with Gasteiger partial charge in [0, 0.05) is 0 Å². The molecule has 0 aromatic rings. The number of aldehydes is 1. The molecule has 0 aromatic carbocycles. The maximum Gasteiger partial charge on any atom is 0.334 e. The van der Waals surface area contributed by atoms with Crippen LogP contribution in [0.3, 0.4) is 0 Å². The van der Waals surface area contributed by atoms with Gasteiger partial charge in [0.25, 0.3) is 0 Å². The van der Waals surface area contributed by atoms with E-state index in [4.69, 9.17) is 4.55 Å². The molecule has 0 amide bonds. The van der Waals surface area contributed by atoms with Crippen molar-refractivity contribution in [3.63, 3.8) is 0 Å². The van der Waals surface area contributed by atoms with Crippen LogP contribution in [0.5, 0.6) is 0 Å². The molecule has 0 aromatic heterocycles. The predicted molar refractivity (Wildman–Crippen MR) is 37.3 cm³/mol. The minimum Gasteiger partial charge on any atom is -0.468 e. The monoisotopic (exact) mass is 180 g/mol. The Labute approximate surface area is 66.0 Å². The molecule has 0 saturated carbocycles. The van der Waals surface area contributed by atoms with E-state index < -0.39 is 21.8 Å². The molecular formula is C5H8O5S. The van der Waals surface area contributed by atoms with Gasteiger partial charge in [-0.05, 0) is 6.92 Å². The summed E-state index contributed by atoms with van der Waals surface area (Å²) in [6, 6.07) is 0. The van der Waals surface area contributed by atoms with Crippen molar-refractivity contribution in [1.29, 1.82) is 0 Å². The lowest BCUT2D eigenvalue weighted by molar-refractivity contribution is -0.144. The zero-order valence-electron chi connectivity index (χ0n) is 6.07. The Hall–Kier alpha value is -0.750. The molecule has 2 atom stereocenters. The normalized spacial score (nSPS) is 18.1. The first-order valence-electron chi connectivity index (χ1n) is 2.64. The maximum atomic E-state index is 10.7. The van der Waals surface area contributed by atoms with Crippen LogP contribution >= 0.6 is 0 Å². The Morgan fingerprint density at radius 2 is 2.18 bits per heavy atom. The molecule has 0 aliphatic heterocycles.